The van der Waals surface area contributed by atoms with Crippen LogP contribution in [0.2, 0.25) is 0 Å². The van der Waals surface area contributed by atoms with Crippen molar-refractivity contribution in [3.05, 3.63) is 30.3 Å². The number of nitrogens with zero attached hydrogens (tertiary/aromatic N) is 1. The normalized spacial score (nSPS) is 16.1. The molecule has 1 aromatic rings. The zero-order valence-corrected chi connectivity index (χ0v) is 8.02. The molecule has 0 heterocycles. The molecule has 3 heteroatoms. The standard InChI is InChI=1S/C11H14N2O/c12-13(10-7-2-1-3-8-10)11(14)9-5-4-6-9/h1-3,7-9H,4-6,12H2. The Kier molecular flexibility index (Phi) is 2.50. The number of carbonyl (C=O) groups excluding carboxylic acids is 1. The Bertz CT molecular complexity index is 319. The van der Waals surface area contributed by atoms with Crippen molar-refractivity contribution in [1.29, 1.82) is 0 Å². The van der Waals surface area contributed by atoms with Gasteiger partial charge in [0, 0.05) is 5.92 Å². The highest BCUT2D eigenvalue weighted by Crippen LogP contribution is 2.28. The van der Waals surface area contributed by atoms with Crippen LogP contribution in [-0.4, -0.2) is 5.91 Å². The van der Waals surface area contributed by atoms with Gasteiger partial charge in [-0.15, -0.1) is 0 Å². The maximum atomic E-state index is 11.7. The first-order valence-electron chi connectivity index (χ1n) is 4.93. The Morgan fingerprint density at radius 3 is 2.43 bits per heavy atom. The minimum atomic E-state index is 0.0439. The van der Waals surface area contributed by atoms with Crippen molar-refractivity contribution in [1.82, 2.24) is 0 Å². The van der Waals surface area contributed by atoms with Crippen molar-refractivity contribution < 1.29 is 4.79 Å². The highest BCUT2D eigenvalue weighted by Gasteiger charge is 2.28. The highest BCUT2D eigenvalue weighted by molar-refractivity contribution is 5.94. The van der Waals surface area contributed by atoms with Crippen molar-refractivity contribution in [3.63, 3.8) is 0 Å². The summed E-state index contributed by atoms with van der Waals surface area (Å²) in [6.07, 6.45) is 3.12. The monoisotopic (exact) mass is 190 g/mol. The van der Waals surface area contributed by atoms with Gasteiger partial charge in [-0.05, 0) is 25.0 Å². The zero-order valence-electron chi connectivity index (χ0n) is 8.02. The van der Waals surface area contributed by atoms with Crippen LogP contribution in [0.1, 0.15) is 19.3 Å². The lowest BCUT2D eigenvalue weighted by Crippen LogP contribution is -2.43. The third kappa shape index (κ3) is 1.63. The van der Waals surface area contributed by atoms with Gasteiger partial charge in [0.15, 0.2) is 0 Å². The van der Waals surface area contributed by atoms with Gasteiger partial charge in [0.2, 0.25) is 5.91 Å². The van der Waals surface area contributed by atoms with E-state index < -0.39 is 0 Å². The summed E-state index contributed by atoms with van der Waals surface area (Å²) in [5.74, 6) is 5.93. The number of carbonyl (C=O) groups is 1. The molecule has 0 spiro atoms. The second-order valence-corrected chi connectivity index (χ2v) is 3.67. The van der Waals surface area contributed by atoms with Crippen LogP contribution in [0.25, 0.3) is 0 Å². The molecule has 1 aliphatic rings. The van der Waals surface area contributed by atoms with E-state index in [-0.39, 0.29) is 11.8 Å². The van der Waals surface area contributed by atoms with Gasteiger partial charge < -0.3 is 0 Å². The molecule has 0 atom stereocenters. The first kappa shape index (κ1) is 9.21. The van der Waals surface area contributed by atoms with Crippen molar-refractivity contribution in [2.45, 2.75) is 19.3 Å². The van der Waals surface area contributed by atoms with Gasteiger partial charge in [-0.25, -0.2) is 10.9 Å². The Morgan fingerprint density at radius 2 is 1.93 bits per heavy atom. The summed E-state index contributed by atoms with van der Waals surface area (Å²) in [5, 5.41) is 1.27. The molecule has 1 fully saturated rings. The molecular weight excluding hydrogens is 176 g/mol. The number of hydrazine groups is 1. The Hall–Kier alpha value is -1.35. The van der Waals surface area contributed by atoms with Crippen LogP contribution < -0.4 is 10.9 Å². The first-order valence-corrected chi connectivity index (χ1v) is 4.93. The number of nitrogens with two attached hydrogens (primary N) is 1. The van der Waals surface area contributed by atoms with E-state index in [4.69, 9.17) is 5.84 Å². The van der Waals surface area contributed by atoms with Gasteiger partial charge in [0.05, 0.1) is 5.69 Å². The first-order chi connectivity index (χ1) is 6.79. The van der Waals surface area contributed by atoms with E-state index in [0.29, 0.717) is 0 Å². The molecule has 74 valence electrons. The fourth-order valence-corrected chi connectivity index (χ4v) is 1.57. The van der Waals surface area contributed by atoms with E-state index in [1.54, 1.807) is 0 Å². The Labute approximate surface area is 83.5 Å². The average Bonchev–Trinajstić information content (AvgIpc) is 2.15. The van der Waals surface area contributed by atoms with E-state index in [1.165, 1.54) is 5.01 Å². The number of hydrogen-bond acceptors (Lipinski definition) is 2. The topological polar surface area (TPSA) is 46.3 Å². The second-order valence-electron chi connectivity index (χ2n) is 3.67. The fraction of sp³-hybridized carbons (Fsp3) is 0.364. The Morgan fingerprint density at radius 1 is 1.29 bits per heavy atom. The summed E-state index contributed by atoms with van der Waals surface area (Å²) < 4.78 is 0. The van der Waals surface area contributed by atoms with Crippen molar-refractivity contribution >= 4 is 11.6 Å². The number of benzene rings is 1. The molecule has 1 saturated carbocycles. The van der Waals surface area contributed by atoms with Gasteiger partial charge in [-0.2, -0.15) is 0 Å². The average molecular weight is 190 g/mol. The summed E-state index contributed by atoms with van der Waals surface area (Å²) in [7, 11) is 0. The molecule has 3 nitrogen and oxygen atoms in total. The fourth-order valence-electron chi connectivity index (χ4n) is 1.57. The van der Waals surface area contributed by atoms with Crippen LogP contribution >= 0.6 is 0 Å². The van der Waals surface area contributed by atoms with E-state index in [1.807, 2.05) is 30.3 Å². The molecule has 0 saturated heterocycles. The lowest BCUT2D eigenvalue weighted by Gasteiger charge is -2.28. The number of amides is 1. The predicted molar refractivity (Wildman–Crippen MR) is 55.5 cm³/mol. The van der Waals surface area contributed by atoms with E-state index >= 15 is 0 Å². The SMILES string of the molecule is NN(C(=O)C1CCC1)c1ccccc1. The molecule has 0 unspecified atom stereocenters. The summed E-state index contributed by atoms with van der Waals surface area (Å²) in [6.45, 7) is 0. The van der Waals surface area contributed by atoms with Crippen LogP contribution in [0, 0.1) is 5.92 Å². The molecule has 2 rings (SSSR count). The third-order valence-electron chi connectivity index (χ3n) is 2.73. The number of hydrogen-bond donors (Lipinski definition) is 1. The molecule has 1 aliphatic carbocycles. The van der Waals surface area contributed by atoms with Crippen molar-refractivity contribution in [2.24, 2.45) is 11.8 Å². The van der Waals surface area contributed by atoms with Crippen molar-refractivity contribution in [2.75, 3.05) is 5.01 Å². The predicted octanol–water partition coefficient (Wildman–Crippen LogP) is 1.69. The molecule has 0 aliphatic heterocycles. The van der Waals surface area contributed by atoms with Crippen LogP contribution in [0.15, 0.2) is 30.3 Å². The lowest BCUT2D eigenvalue weighted by molar-refractivity contribution is -0.124. The molecule has 14 heavy (non-hydrogen) atoms. The molecule has 1 aromatic carbocycles. The van der Waals surface area contributed by atoms with Gasteiger partial charge in [-0.1, -0.05) is 24.6 Å². The minimum absolute atomic E-state index is 0.0439. The molecule has 0 aromatic heterocycles. The van der Waals surface area contributed by atoms with Gasteiger partial charge in [0.25, 0.3) is 0 Å². The molecule has 1 amide bonds. The van der Waals surface area contributed by atoms with Crippen LogP contribution in [-0.2, 0) is 4.79 Å². The number of anilines is 1. The largest absolute Gasteiger partial charge is 0.273 e. The number of para-hydroxylation sites is 1. The van der Waals surface area contributed by atoms with Crippen molar-refractivity contribution in [3.8, 4) is 0 Å². The molecule has 0 bridgehead atoms. The van der Waals surface area contributed by atoms with Gasteiger partial charge in [-0.3, -0.25) is 4.79 Å². The lowest BCUT2D eigenvalue weighted by atomic mass is 9.84. The maximum absolute atomic E-state index is 11.7. The van der Waals surface area contributed by atoms with Crippen LogP contribution in [0.4, 0.5) is 5.69 Å². The van der Waals surface area contributed by atoms with Gasteiger partial charge in [0.1, 0.15) is 0 Å². The highest BCUT2D eigenvalue weighted by atomic mass is 16.2. The second kappa shape index (κ2) is 3.80. The third-order valence-corrected chi connectivity index (χ3v) is 2.73. The molecular formula is C11H14N2O. The quantitative estimate of drug-likeness (QED) is 0.438. The zero-order chi connectivity index (χ0) is 9.97. The minimum Gasteiger partial charge on any atom is -0.273 e. The summed E-state index contributed by atoms with van der Waals surface area (Å²) in [6, 6.07) is 9.35. The summed E-state index contributed by atoms with van der Waals surface area (Å²) >= 11 is 0. The van der Waals surface area contributed by atoms with Crippen LogP contribution in [0.3, 0.4) is 0 Å². The van der Waals surface area contributed by atoms with E-state index in [0.717, 1.165) is 24.9 Å². The summed E-state index contributed by atoms with van der Waals surface area (Å²) in [4.78, 5) is 11.7. The maximum Gasteiger partial charge on any atom is 0.244 e. The van der Waals surface area contributed by atoms with E-state index in [9.17, 15) is 4.79 Å². The Balaban J connectivity index is 2.07. The van der Waals surface area contributed by atoms with Crippen LogP contribution in [0.5, 0.6) is 0 Å². The summed E-state index contributed by atoms with van der Waals surface area (Å²) in [5.41, 5.74) is 0.768. The number of rotatable bonds is 2. The van der Waals surface area contributed by atoms with E-state index in [2.05, 4.69) is 0 Å². The van der Waals surface area contributed by atoms with Gasteiger partial charge >= 0.3 is 0 Å². The molecule has 2 N–H and O–H groups in total. The smallest absolute Gasteiger partial charge is 0.244 e. The molecule has 0 radical (unpaired) electrons.